The smallest absolute Gasteiger partial charge is 0.224 e. The summed E-state index contributed by atoms with van der Waals surface area (Å²) in [5.74, 6) is 2.88. The molecule has 0 bridgehead atoms. The first-order chi connectivity index (χ1) is 6.79. The molecule has 0 aliphatic carbocycles. The molecule has 72 valence electrons. The molecule has 3 heteroatoms. The number of nitrogens with one attached hydrogen (secondary N) is 1. The molecule has 1 aliphatic heterocycles. The van der Waals surface area contributed by atoms with Crippen molar-refractivity contribution in [3.63, 3.8) is 0 Å². The quantitative estimate of drug-likeness (QED) is 0.690. The minimum atomic E-state index is 0.0949. The number of rotatable bonds is 2. The monoisotopic (exact) mass is 188 g/mol. The van der Waals surface area contributed by atoms with Gasteiger partial charge in [0.05, 0.1) is 6.54 Å². The maximum atomic E-state index is 11.5. The van der Waals surface area contributed by atoms with Gasteiger partial charge in [0, 0.05) is 30.8 Å². The van der Waals surface area contributed by atoms with Gasteiger partial charge in [-0.3, -0.25) is 4.79 Å². The first kappa shape index (κ1) is 8.89. The highest BCUT2D eigenvalue weighted by molar-refractivity contribution is 5.79. The van der Waals surface area contributed by atoms with Crippen LogP contribution in [0.5, 0.6) is 0 Å². The van der Waals surface area contributed by atoms with E-state index in [0.717, 1.165) is 5.69 Å². The normalized spacial score (nSPS) is 21.2. The number of amides is 1. The number of likely N-dealkylation sites (tertiary alicyclic amines) is 1. The van der Waals surface area contributed by atoms with Gasteiger partial charge in [0.15, 0.2) is 0 Å². The lowest BCUT2D eigenvalue weighted by molar-refractivity contribution is -0.128. The van der Waals surface area contributed by atoms with Gasteiger partial charge in [-0.25, -0.2) is 0 Å². The average molecular weight is 188 g/mol. The zero-order valence-electron chi connectivity index (χ0n) is 7.86. The van der Waals surface area contributed by atoms with Crippen molar-refractivity contribution in [3.05, 3.63) is 24.0 Å². The van der Waals surface area contributed by atoms with Crippen LogP contribution in [0.3, 0.4) is 0 Å². The highest BCUT2D eigenvalue weighted by atomic mass is 16.2. The van der Waals surface area contributed by atoms with Gasteiger partial charge in [-0.15, -0.1) is 12.3 Å². The van der Waals surface area contributed by atoms with Gasteiger partial charge >= 0.3 is 0 Å². The van der Waals surface area contributed by atoms with Crippen LogP contribution in [0.25, 0.3) is 0 Å². The van der Waals surface area contributed by atoms with Crippen LogP contribution in [0, 0.1) is 18.3 Å². The number of aromatic amines is 1. The van der Waals surface area contributed by atoms with Crippen molar-refractivity contribution in [2.45, 2.75) is 13.0 Å². The molecule has 0 saturated carbocycles. The zero-order valence-corrected chi connectivity index (χ0v) is 7.86. The summed E-state index contributed by atoms with van der Waals surface area (Å²) in [6.07, 6.45) is 7.65. The molecule has 1 N–H and O–H groups in total. The molecular weight excluding hydrogens is 176 g/mol. The van der Waals surface area contributed by atoms with E-state index < -0.39 is 0 Å². The molecule has 0 aromatic carbocycles. The van der Waals surface area contributed by atoms with Gasteiger partial charge in [0.2, 0.25) is 5.91 Å². The number of carbonyl (C=O) groups excluding carboxylic acids is 1. The van der Waals surface area contributed by atoms with Crippen LogP contribution < -0.4 is 0 Å². The van der Waals surface area contributed by atoms with Crippen molar-refractivity contribution in [1.82, 2.24) is 9.88 Å². The van der Waals surface area contributed by atoms with Gasteiger partial charge in [-0.2, -0.15) is 0 Å². The van der Waals surface area contributed by atoms with E-state index in [1.165, 1.54) is 0 Å². The third kappa shape index (κ3) is 1.64. The zero-order chi connectivity index (χ0) is 9.97. The molecule has 1 amide bonds. The van der Waals surface area contributed by atoms with Crippen LogP contribution in [-0.4, -0.2) is 22.3 Å². The second kappa shape index (κ2) is 3.59. The van der Waals surface area contributed by atoms with E-state index in [-0.39, 0.29) is 11.8 Å². The Balaban J connectivity index is 2.00. The molecule has 14 heavy (non-hydrogen) atoms. The highest BCUT2D eigenvalue weighted by Gasteiger charge is 2.27. The lowest BCUT2D eigenvalue weighted by Gasteiger charge is -2.14. The van der Waals surface area contributed by atoms with Gasteiger partial charge in [-0.1, -0.05) is 0 Å². The fourth-order valence-corrected chi connectivity index (χ4v) is 1.71. The number of carbonyl (C=O) groups is 1. The van der Waals surface area contributed by atoms with Gasteiger partial charge < -0.3 is 9.88 Å². The molecule has 2 rings (SSSR count). The summed E-state index contributed by atoms with van der Waals surface area (Å²) in [5, 5.41) is 0. The van der Waals surface area contributed by atoms with Crippen LogP contribution in [0.4, 0.5) is 0 Å². The fourth-order valence-electron chi connectivity index (χ4n) is 1.71. The van der Waals surface area contributed by atoms with E-state index in [1.54, 1.807) is 4.90 Å². The molecule has 2 heterocycles. The molecule has 1 fully saturated rings. The van der Waals surface area contributed by atoms with Crippen LogP contribution >= 0.6 is 0 Å². The second-order valence-corrected chi connectivity index (χ2v) is 3.54. The molecule has 3 nitrogen and oxygen atoms in total. The van der Waals surface area contributed by atoms with Crippen molar-refractivity contribution in [1.29, 1.82) is 0 Å². The molecular formula is C11H12N2O. The van der Waals surface area contributed by atoms with E-state index in [4.69, 9.17) is 6.42 Å². The standard InChI is InChI=1S/C11H12N2O/c1-2-9-6-11(14)13(7-9)8-10-4-3-5-12-10/h1,3-5,9,12H,6-8H2. The molecule has 1 saturated heterocycles. The van der Waals surface area contributed by atoms with Gasteiger partial charge in [-0.05, 0) is 12.1 Å². The molecule has 0 radical (unpaired) electrons. The predicted molar refractivity (Wildman–Crippen MR) is 53.1 cm³/mol. The second-order valence-electron chi connectivity index (χ2n) is 3.54. The number of aromatic nitrogens is 1. The average Bonchev–Trinajstić information content (AvgIpc) is 2.78. The van der Waals surface area contributed by atoms with E-state index in [0.29, 0.717) is 19.5 Å². The largest absolute Gasteiger partial charge is 0.364 e. The summed E-state index contributed by atoms with van der Waals surface area (Å²) in [7, 11) is 0. The Morgan fingerprint density at radius 2 is 2.57 bits per heavy atom. The third-order valence-corrected chi connectivity index (χ3v) is 2.47. The first-order valence-corrected chi connectivity index (χ1v) is 4.66. The van der Waals surface area contributed by atoms with Crippen molar-refractivity contribution in [2.24, 2.45) is 5.92 Å². The Labute approximate surface area is 83.1 Å². The predicted octanol–water partition coefficient (Wildman–Crippen LogP) is 0.996. The molecule has 1 atom stereocenters. The lowest BCUT2D eigenvalue weighted by Crippen LogP contribution is -2.24. The molecule has 1 aromatic heterocycles. The minimum Gasteiger partial charge on any atom is -0.364 e. The Hall–Kier alpha value is -1.69. The van der Waals surface area contributed by atoms with Crippen LogP contribution in [-0.2, 0) is 11.3 Å². The Bertz CT molecular complexity index is 361. The van der Waals surface area contributed by atoms with Crippen molar-refractivity contribution >= 4 is 5.91 Å². The number of H-pyrrole nitrogens is 1. The van der Waals surface area contributed by atoms with E-state index in [2.05, 4.69) is 10.9 Å². The van der Waals surface area contributed by atoms with Crippen LogP contribution in [0.2, 0.25) is 0 Å². The summed E-state index contributed by atoms with van der Waals surface area (Å²) in [6.45, 7) is 1.33. The summed E-state index contributed by atoms with van der Waals surface area (Å²) < 4.78 is 0. The SMILES string of the molecule is C#CC1CC(=O)N(Cc2ccc[nH]2)C1. The summed E-state index contributed by atoms with van der Waals surface area (Å²) in [6, 6.07) is 3.89. The third-order valence-electron chi connectivity index (χ3n) is 2.47. The van der Waals surface area contributed by atoms with E-state index >= 15 is 0 Å². The molecule has 1 unspecified atom stereocenters. The maximum Gasteiger partial charge on any atom is 0.224 e. The van der Waals surface area contributed by atoms with Crippen molar-refractivity contribution in [3.8, 4) is 12.3 Å². The van der Waals surface area contributed by atoms with E-state index in [1.807, 2.05) is 18.3 Å². The number of hydrogen-bond donors (Lipinski definition) is 1. The van der Waals surface area contributed by atoms with Gasteiger partial charge in [0.1, 0.15) is 0 Å². The Morgan fingerprint density at radius 1 is 1.71 bits per heavy atom. The number of terminal acetylenes is 1. The number of hydrogen-bond acceptors (Lipinski definition) is 1. The molecule has 1 aromatic rings. The fraction of sp³-hybridized carbons (Fsp3) is 0.364. The number of nitrogens with zero attached hydrogens (tertiary/aromatic N) is 1. The van der Waals surface area contributed by atoms with E-state index in [9.17, 15) is 4.79 Å². The molecule has 0 spiro atoms. The summed E-state index contributed by atoms with van der Waals surface area (Å²) in [5.41, 5.74) is 1.05. The van der Waals surface area contributed by atoms with Crippen molar-refractivity contribution in [2.75, 3.05) is 6.54 Å². The maximum absolute atomic E-state index is 11.5. The highest BCUT2D eigenvalue weighted by Crippen LogP contribution is 2.18. The Kier molecular flexibility index (Phi) is 2.28. The summed E-state index contributed by atoms with van der Waals surface area (Å²) >= 11 is 0. The van der Waals surface area contributed by atoms with Crippen LogP contribution in [0.15, 0.2) is 18.3 Å². The van der Waals surface area contributed by atoms with Crippen LogP contribution in [0.1, 0.15) is 12.1 Å². The van der Waals surface area contributed by atoms with Gasteiger partial charge in [0.25, 0.3) is 0 Å². The molecule has 1 aliphatic rings. The topological polar surface area (TPSA) is 36.1 Å². The first-order valence-electron chi connectivity index (χ1n) is 4.66. The Morgan fingerprint density at radius 3 is 3.14 bits per heavy atom. The van der Waals surface area contributed by atoms with Crippen molar-refractivity contribution < 1.29 is 4.79 Å². The summed E-state index contributed by atoms with van der Waals surface area (Å²) in [4.78, 5) is 16.4. The lowest BCUT2D eigenvalue weighted by atomic mass is 10.1. The minimum absolute atomic E-state index is 0.0949.